The molecule has 0 radical (unpaired) electrons. The van der Waals surface area contributed by atoms with Crippen LogP contribution in [0.15, 0.2) is 36.4 Å². The number of benzene rings is 2. The fourth-order valence-electron chi connectivity index (χ4n) is 1.82. The molecule has 0 aromatic heterocycles. The van der Waals surface area contributed by atoms with Gasteiger partial charge in [0.25, 0.3) is 0 Å². The number of ether oxygens (including phenoxy) is 1. The summed E-state index contributed by atoms with van der Waals surface area (Å²) in [5.41, 5.74) is 7.77. The Hall–Kier alpha value is -2.02. The van der Waals surface area contributed by atoms with Crippen molar-refractivity contribution in [2.75, 3.05) is 6.54 Å². The molecule has 0 heterocycles. The lowest BCUT2D eigenvalue weighted by molar-refractivity contribution is 0.306. The number of nitrogens with two attached hydrogens (primary N) is 1. The molecule has 0 unspecified atom stereocenters. The van der Waals surface area contributed by atoms with Gasteiger partial charge in [-0.15, -0.1) is 0 Å². The summed E-state index contributed by atoms with van der Waals surface area (Å²) in [5, 5.41) is 0.548. The van der Waals surface area contributed by atoms with Crippen molar-refractivity contribution in [1.82, 2.24) is 0 Å². The van der Waals surface area contributed by atoms with Gasteiger partial charge in [-0.1, -0.05) is 35.6 Å². The first-order valence-electron chi connectivity index (χ1n) is 6.46. The van der Waals surface area contributed by atoms with Crippen molar-refractivity contribution in [3.63, 3.8) is 0 Å². The van der Waals surface area contributed by atoms with Crippen molar-refractivity contribution >= 4 is 11.6 Å². The van der Waals surface area contributed by atoms with Crippen LogP contribution in [0, 0.1) is 24.6 Å². The maximum atomic E-state index is 13.3. The van der Waals surface area contributed by atoms with E-state index in [0.717, 1.165) is 11.1 Å². The van der Waals surface area contributed by atoms with Crippen LogP contribution < -0.4 is 10.5 Å². The fourth-order valence-corrected chi connectivity index (χ4v) is 2.11. The van der Waals surface area contributed by atoms with E-state index in [9.17, 15) is 4.39 Å². The number of hydrogen-bond donors (Lipinski definition) is 1. The Bertz CT molecular complexity index is 704. The van der Waals surface area contributed by atoms with Crippen molar-refractivity contribution in [3.05, 3.63) is 63.9 Å². The highest BCUT2D eigenvalue weighted by atomic mass is 35.5. The molecule has 0 fully saturated rings. The van der Waals surface area contributed by atoms with Gasteiger partial charge in [0.05, 0.1) is 11.6 Å². The quantitative estimate of drug-likeness (QED) is 0.878. The predicted octanol–water partition coefficient (Wildman–Crippen LogP) is 3.68. The minimum absolute atomic E-state index is 0.223. The number of halogens is 2. The van der Waals surface area contributed by atoms with Crippen molar-refractivity contribution in [3.8, 4) is 17.6 Å². The Kier molecular flexibility index (Phi) is 5.21. The Labute approximate surface area is 128 Å². The van der Waals surface area contributed by atoms with Gasteiger partial charge in [-0.25, -0.2) is 4.39 Å². The minimum atomic E-state index is -0.339. The van der Waals surface area contributed by atoms with E-state index in [1.165, 1.54) is 12.1 Å². The summed E-state index contributed by atoms with van der Waals surface area (Å²) < 4.78 is 19.0. The highest BCUT2D eigenvalue weighted by Gasteiger charge is 2.06. The molecule has 0 bridgehead atoms. The highest BCUT2D eigenvalue weighted by Crippen LogP contribution is 2.26. The zero-order valence-corrected chi connectivity index (χ0v) is 12.4. The SMILES string of the molecule is Cc1ccc(OCc2ccc(F)cc2C#CCN)c(Cl)c1. The molecule has 2 rings (SSSR count). The molecule has 0 atom stereocenters. The molecule has 2 N–H and O–H groups in total. The topological polar surface area (TPSA) is 35.2 Å². The van der Waals surface area contributed by atoms with E-state index in [1.807, 2.05) is 25.1 Å². The molecule has 0 spiro atoms. The molecule has 2 nitrogen and oxygen atoms in total. The summed E-state index contributed by atoms with van der Waals surface area (Å²) >= 11 is 6.11. The number of hydrogen-bond acceptors (Lipinski definition) is 2. The molecular formula is C17H15ClFNO. The molecule has 0 saturated heterocycles. The zero-order valence-electron chi connectivity index (χ0n) is 11.6. The maximum Gasteiger partial charge on any atom is 0.138 e. The van der Waals surface area contributed by atoms with Crippen LogP contribution in [0.25, 0.3) is 0 Å². The van der Waals surface area contributed by atoms with Crippen molar-refractivity contribution in [2.45, 2.75) is 13.5 Å². The summed E-state index contributed by atoms with van der Waals surface area (Å²) in [7, 11) is 0. The molecule has 0 aliphatic heterocycles. The average Bonchev–Trinajstić information content (AvgIpc) is 2.45. The summed E-state index contributed by atoms with van der Waals surface area (Å²) in [6.07, 6.45) is 0. The normalized spacial score (nSPS) is 9.90. The summed E-state index contributed by atoms with van der Waals surface area (Å²) in [6.45, 7) is 2.44. The standard InChI is InChI=1S/C17H15ClFNO/c1-12-4-7-17(16(18)9-12)21-11-14-5-6-15(19)10-13(14)3-2-8-20/h4-7,9-10H,8,11,20H2,1H3. The van der Waals surface area contributed by atoms with Crippen LogP contribution in [0.3, 0.4) is 0 Å². The van der Waals surface area contributed by atoms with Crippen LogP contribution in [0.5, 0.6) is 5.75 Å². The monoisotopic (exact) mass is 303 g/mol. The molecule has 2 aromatic rings. The van der Waals surface area contributed by atoms with Crippen LogP contribution in [-0.4, -0.2) is 6.54 Å². The first kappa shape index (κ1) is 15.4. The van der Waals surface area contributed by atoms with E-state index >= 15 is 0 Å². The van der Waals surface area contributed by atoms with Gasteiger partial charge in [-0.05, 0) is 36.8 Å². The fraction of sp³-hybridized carbons (Fsp3) is 0.176. The first-order valence-corrected chi connectivity index (χ1v) is 6.84. The zero-order chi connectivity index (χ0) is 15.2. The molecular weight excluding hydrogens is 289 g/mol. The second-order valence-electron chi connectivity index (χ2n) is 4.53. The van der Waals surface area contributed by atoms with E-state index in [4.69, 9.17) is 22.1 Å². The second kappa shape index (κ2) is 7.12. The molecule has 2 aromatic carbocycles. The molecule has 0 aliphatic rings. The maximum absolute atomic E-state index is 13.3. The third-order valence-corrected chi connectivity index (χ3v) is 3.16. The van der Waals surface area contributed by atoms with Gasteiger partial charge >= 0.3 is 0 Å². The van der Waals surface area contributed by atoms with Crippen molar-refractivity contribution in [2.24, 2.45) is 5.73 Å². The van der Waals surface area contributed by atoms with Gasteiger partial charge in [-0.2, -0.15) is 0 Å². The third-order valence-electron chi connectivity index (χ3n) is 2.87. The van der Waals surface area contributed by atoms with Gasteiger partial charge in [0.1, 0.15) is 18.2 Å². The second-order valence-corrected chi connectivity index (χ2v) is 4.94. The first-order chi connectivity index (χ1) is 10.1. The Morgan fingerprint density at radius 2 is 2.05 bits per heavy atom. The van der Waals surface area contributed by atoms with E-state index < -0.39 is 0 Å². The summed E-state index contributed by atoms with van der Waals surface area (Å²) in [4.78, 5) is 0. The number of rotatable bonds is 3. The molecule has 4 heteroatoms. The smallest absolute Gasteiger partial charge is 0.138 e. The predicted molar refractivity (Wildman–Crippen MR) is 82.9 cm³/mol. The third kappa shape index (κ3) is 4.22. The Morgan fingerprint density at radius 1 is 1.24 bits per heavy atom. The average molecular weight is 304 g/mol. The molecule has 21 heavy (non-hydrogen) atoms. The summed E-state index contributed by atoms with van der Waals surface area (Å²) in [6, 6.07) is 9.96. The molecule has 108 valence electrons. The number of aryl methyl sites for hydroxylation is 1. The van der Waals surface area contributed by atoms with Gasteiger partial charge in [-0.3, -0.25) is 0 Å². The Balaban J connectivity index is 2.19. The molecule has 0 saturated carbocycles. The lowest BCUT2D eigenvalue weighted by Gasteiger charge is -2.10. The van der Waals surface area contributed by atoms with Gasteiger partial charge < -0.3 is 10.5 Å². The largest absolute Gasteiger partial charge is 0.487 e. The van der Waals surface area contributed by atoms with Gasteiger partial charge in [0, 0.05) is 11.1 Å². The van der Waals surface area contributed by atoms with Crippen LogP contribution in [0.4, 0.5) is 4.39 Å². The van der Waals surface area contributed by atoms with E-state index in [-0.39, 0.29) is 19.0 Å². The van der Waals surface area contributed by atoms with Crippen molar-refractivity contribution in [1.29, 1.82) is 0 Å². The van der Waals surface area contributed by atoms with Crippen LogP contribution in [0.1, 0.15) is 16.7 Å². The summed E-state index contributed by atoms with van der Waals surface area (Å²) in [5.74, 6) is 5.81. The van der Waals surface area contributed by atoms with E-state index in [2.05, 4.69) is 11.8 Å². The van der Waals surface area contributed by atoms with Gasteiger partial charge in [0.15, 0.2) is 0 Å². The Morgan fingerprint density at radius 3 is 2.76 bits per heavy atom. The van der Waals surface area contributed by atoms with Crippen molar-refractivity contribution < 1.29 is 9.13 Å². The lowest BCUT2D eigenvalue weighted by atomic mass is 10.1. The van der Waals surface area contributed by atoms with Crippen LogP contribution >= 0.6 is 11.6 Å². The van der Waals surface area contributed by atoms with Crippen LogP contribution in [0.2, 0.25) is 5.02 Å². The highest BCUT2D eigenvalue weighted by molar-refractivity contribution is 6.32. The van der Waals surface area contributed by atoms with E-state index in [0.29, 0.717) is 16.3 Å². The van der Waals surface area contributed by atoms with E-state index in [1.54, 1.807) is 6.07 Å². The molecule has 0 amide bonds. The minimum Gasteiger partial charge on any atom is -0.487 e. The van der Waals surface area contributed by atoms with Crippen LogP contribution in [-0.2, 0) is 6.61 Å². The molecule has 0 aliphatic carbocycles. The van der Waals surface area contributed by atoms with Gasteiger partial charge in [0.2, 0.25) is 0 Å². The lowest BCUT2D eigenvalue weighted by Crippen LogP contribution is -2.00.